The van der Waals surface area contributed by atoms with Crippen LogP contribution in [0.3, 0.4) is 0 Å². The smallest absolute Gasteiger partial charge is 0.250 e. The monoisotopic (exact) mass is 483 g/mol. The van der Waals surface area contributed by atoms with Crippen molar-refractivity contribution < 1.29 is 14.3 Å². The molecule has 1 unspecified atom stereocenters. The molecule has 4 aromatic rings. The topological polar surface area (TPSA) is 65.4 Å². The van der Waals surface area contributed by atoms with E-state index in [9.17, 15) is 4.79 Å². The molecule has 0 bridgehead atoms. The molecule has 36 heavy (non-hydrogen) atoms. The molecule has 1 N–H and O–H groups in total. The zero-order valence-electron chi connectivity index (χ0n) is 20.9. The molecule has 186 valence electrons. The normalized spacial score (nSPS) is 15.1. The number of carbonyl (C=O) groups is 1. The molecule has 1 aromatic heterocycles. The number of nitrogens with zero attached hydrogens (tertiary/aromatic N) is 2. The van der Waals surface area contributed by atoms with Crippen molar-refractivity contribution >= 4 is 16.9 Å². The van der Waals surface area contributed by atoms with Crippen molar-refractivity contribution in [2.24, 2.45) is 5.92 Å². The lowest BCUT2D eigenvalue weighted by Gasteiger charge is -2.30. The Balaban J connectivity index is 1.59. The summed E-state index contributed by atoms with van der Waals surface area (Å²) in [6.07, 6.45) is 5.65. The van der Waals surface area contributed by atoms with Crippen molar-refractivity contribution in [2.45, 2.75) is 44.7 Å². The van der Waals surface area contributed by atoms with Crippen LogP contribution in [0.25, 0.3) is 22.4 Å². The molecule has 6 heteroatoms. The standard InChI is InChI=1S/C30H33N3O3/c1-35-23-17-18-24(27(19-23)36-2)29-32-25-15-9-10-16-26(25)33(29)30(34)28(22-13-7-4-8-14-22)31-20-21-11-5-3-6-12-21/h3,5-6,9-12,15-19,22,28,31H,4,7-8,13-14,20H2,1-2H3. The Labute approximate surface area is 212 Å². The Morgan fingerprint density at radius 2 is 1.72 bits per heavy atom. The van der Waals surface area contributed by atoms with Gasteiger partial charge in [0.15, 0.2) is 5.82 Å². The molecule has 1 fully saturated rings. The van der Waals surface area contributed by atoms with Crippen molar-refractivity contribution in [1.29, 1.82) is 0 Å². The van der Waals surface area contributed by atoms with Gasteiger partial charge in [0.2, 0.25) is 5.91 Å². The van der Waals surface area contributed by atoms with E-state index < -0.39 is 0 Å². The average molecular weight is 484 g/mol. The second-order valence-corrected chi connectivity index (χ2v) is 9.41. The largest absolute Gasteiger partial charge is 0.497 e. The van der Waals surface area contributed by atoms with E-state index in [1.165, 1.54) is 12.0 Å². The lowest BCUT2D eigenvalue weighted by molar-refractivity contribution is 0.0805. The predicted octanol–water partition coefficient (Wildman–Crippen LogP) is 6.10. The first-order valence-corrected chi connectivity index (χ1v) is 12.7. The molecule has 6 nitrogen and oxygen atoms in total. The van der Waals surface area contributed by atoms with Gasteiger partial charge < -0.3 is 14.8 Å². The number of methoxy groups -OCH3 is 2. The number of ether oxygens (including phenoxy) is 2. The van der Waals surface area contributed by atoms with E-state index in [0.29, 0.717) is 23.9 Å². The van der Waals surface area contributed by atoms with Crippen molar-refractivity contribution in [3.63, 3.8) is 0 Å². The van der Waals surface area contributed by atoms with Crippen LogP contribution in [-0.4, -0.2) is 35.7 Å². The summed E-state index contributed by atoms with van der Waals surface area (Å²) in [5, 5.41) is 3.63. The molecule has 0 spiro atoms. The molecule has 1 aliphatic carbocycles. The number of carbonyl (C=O) groups excluding carboxylic acids is 1. The number of hydrogen-bond acceptors (Lipinski definition) is 5. The molecule has 0 aliphatic heterocycles. The maximum Gasteiger partial charge on any atom is 0.250 e. The van der Waals surface area contributed by atoms with E-state index >= 15 is 0 Å². The first kappa shape index (κ1) is 24.1. The van der Waals surface area contributed by atoms with Gasteiger partial charge in [0.1, 0.15) is 11.5 Å². The van der Waals surface area contributed by atoms with Gasteiger partial charge in [-0.3, -0.25) is 9.36 Å². The summed E-state index contributed by atoms with van der Waals surface area (Å²) in [4.78, 5) is 19.4. The van der Waals surface area contributed by atoms with Crippen LogP contribution in [0.5, 0.6) is 11.5 Å². The molecule has 0 amide bonds. The highest BCUT2D eigenvalue weighted by Gasteiger charge is 2.33. The summed E-state index contributed by atoms with van der Waals surface area (Å²) in [6, 6.07) is 23.4. The minimum absolute atomic E-state index is 0.0272. The highest BCUT2D eigenvalue weighted by atomic mass is 16.5. The van der Waals surface area contributed by atoms with E-state index in [-0.39, 0.29) is 17.9 Å². The van der Waals surface area contributed by atoms with Crippen LogP contribution in [0.1, 0.15) is 42.5 Å². The van der Waals surface area contributed by atoms with Gasteiger partial charge in [0.05, 0.1) is 36.9 Å². The summed E-state index contributed by atoms with van der Waals surface area (Å²) < 4.78 is 12.9. The Hall–Kier alpha value is -3.64. The Morgan fingerprint density at radius 3 is 2.47 bits per heavy atom. The van der Waals surface area contributed by atoms with Crippen LogP contribution in [0.4, 0.5) is 0 Å². The molecule has 1 saturated carbocycles. The number of hydrogen-bond donors (Lipinski definition) is 1. The molecule has 1 aliphatic rings. The number of benzene rings is 3. The summed E-state index contributed by atoms with van der Waals surface area (Å²) in [5.74, 6) is 2.20. The number of imidazole rings is 1. The fourth-order valence-electron chi connectivity index (χ4n) is 5.30. The molecule has 5 rings (SSSR count). The van der Waals surface area contributed by atoms with Crippen molar-refractivity contribution in [1.82, 2.24) is 14.9 Å². The minimum atomic E-state index is -0.314. The fourth-order valence-corrected chi connectivity index (χ4v) is 5.30. The average Bonchev–Trinajstić information content (AvgIpc) is 3.33. The second kappa shape index (κ2) is 11.0. The maximum absolute atomic E-state index is 14.5. The molecule has 1 heterocycles. The number of rotatable bonds is 8. The predicted molar refractivity (Wildman–Crippen MR) is 143 cm³/mol. The van der Waals surface area contributed by atoms with E-state index in [1.807, 2.05) is 60.7 Å². The zero-order chi connectivity index (χ0) is 24.9. The van der Waals surface area contributed by atoms with Crippen LogP contribution in [0.15, 0.2) is 72.8 Å². The van der Waals surface area contributed by atoms with Gasteiger partial charge in [-0.25, -0.2) is 4.98 Å². The molecule has 0 radical (unpaired) electrons. The third-order valence-electron chi connectivity index (χ3n) is 7.19. The zero-order valence-corrected chi connectivity index (χ0v) is 20.9. The highest BCUT2D eigenvalue weighted by Crippen LogP contribution is 2.36. The van der Waals surface area contributed by atoms with Crippen molar-refractivity contribution in [3.05, 3.63) is 78.4 Å². The van der Waals surface area contributed by atoms with Crippen LogP contribution in [0, 0.1) is 5.92 Å². The number of fused-ring (bicyclic) bond motifs is 1. The van der Waals surface area contributed by atoms with Gasteiger partial charge in [0.25, 0.3) is 0 Å². The summed E-state index contributed by atoms with van der Waals surface area (Å²) >= 11 is 0. The van der Waals surface area contributed by atoms with Gasteiger partial charge in [-0.1, -0.05) is 61.7 Å². The molecule has 3 aromatic carbocycles. The SMILES string of the molecule is COc1ccc(-c2nc3ccccc3n2C(=O)C(NCc2ccccc2)C2CCCCC2)c(OC)c1. The molecule has 0 saturated heterocycles. The van der Waals surface area contributed by atoms with Crippen LogP contribution < -0.4 is 14.8 Å². The number of para-hydroxylation sites is 2. The molecular weight excluding hydrogens is 450 g/mol. The highest BCUT2D eigenvalue weighted by molar-refractivity contribution is 5.98. The van der Waals surface area contributed by atoms with Crippen LogP contribution in [-0.2, 0) is 6.54 Å². The van der Waals surface area contributed by atoms with E-state index in [0.717, 1.165) is 42.3 Å². The number of nitrogens with one attached hydrogen (secondary N) is 1. The van der Waals surface area contributed by atoms with E-state index in [1.54, 1.807) is 18.8 Å². The van der Waals surface area contributed by atoms with Gasteiger partial charge in [-0.05, 0) is 48.6 Å². The van der Waals surface area contributed by atoms with Gasteiger partial charge in [0, 0.05) is 12.6 Å². The van der Waals surface area contributed by atoms with Crippen LogP contribution >= 0.6 is 0 Å². The summed E-state index contributed by atoms with van der Waals surface area (Å²) in [7, 11) is 3.25. The third kappa shape index (κ3) is 4.86. The van der Waals surface area contributed by atoms with Crippen molar-refractivity contribution in [3.8, 4) is 22.9 Å². The third-order valence-corrected chi connectivity index (χ3v) is 7.19. The molecular formula is C30H33N3O3. The Kier molecular flexibility index (Phi) is 7.33. The fraction of sp³-hybridized carbons (Fsp3) is 0.333. The Bertz CT molecular complexity index is 1330. The summed E-state index contributed by atoms with van der Waals surface area (Å²) in [6.45, 7) is 0.640. The van der Waals surface area contributed by atoms with E-state index in [2.05, 4.69) is 17.4 Å². The first-order chi connectivity index (χ1) is 17.7. The maximum atomic E-state index is 14.5. The molecule has 1 atom stereocenters. The lowest BCUT2D eigenvalue weighted by atomic mass is 9.83. The van der Waals surface area contributed by atoms with Gasteiger partial charge in [-0.15, -0.1) is 0 Å². The minimum Gasteiger partial charge on any atom is -0.497 e. The quantitative estimate of drug-likeness (QED) is 0.328. The lowest BCUT2D eigenvalue weighted by Crippen LogP contribution is -2.45. The number of aromatic nitrogens is 2. The van der Waals surface area contributed by atoms with Crippen LogP contribution in [0.2, 0.25) is 0 Å². The second-order valence-electron chi connectivity index (χ2n) is 9.41. The first-order valence-electron chi connectivity index (χ1n) is 12.7. The van der Waals surface area contributed by atoms with E-state index in [4.69, 9.17) is 14.5 Å². The summed E-state index contributed by atoms with van der Waals surface area (Å²) in [5.41, 5.74) is 3.51. The Morgan fingerprint density at radius 1 is 0.972 bits per heavy atom. The van der Waals surface area contributed by atoms with Gasteiger partial charge in [-0.2, -0.15) is 0 Å². The van der Waals surface area contributed by atoms with Gasteiger partial charge >= 0.3 is 0 Å². The van der Waals surface area contributed by atoms with Crippen molar-refractivity contribution in [2.75, 3.05) is 14.2 Å².